The van der Waals surface area contributed by atoms with E-state index < -0.39 is 5.41 Å². The first kappa shape index (κ1) is 21.1. The Bertz CT molecular complexity index is 957. The molecule has 0 saturated carbocycles. The minimum Gasteiger partial charge on any atom is -0.466 e. The van der Waals surface area contributed by atoms with Gasteiger partial charge in [0.05, 0.1) is 24.0 Å². The van der Waals surface area contributed by atoms with E-state index in [-0.39, 0.29) is 42.7 Å². The smallest absolute Gasteiger partial charge is 0.314 e. The molecule has 1 saturated heterocycles. The maximum atomic E-state index is 13.2. The third-order valence-corrected chi connectivity index (χ3v) is 5.83. The monoisotopic (exact) mass is 428 g/mol. The van der Waals surface area contributed by atoms with E-state index in [2.05, 4.69) is 5.16 Å². The van der Waals surface area contributed by atoms with Gasteiger partial charge in [0, 0.05) is 25.9 Å². The van der Waals surface area contributed by atoms with Crippen molar-refractivity contribution in [3.63, 3.8) is 0 Å². The summed E-state index contributed by atoms with van der Waals surface area (Å²) in [5.41, 5.74) is 0.616. The summed E-state index contributed by atoms with van der Waals surface area (Å²) in [5, 5.41) is 4.16. The molecule has 0 bridgehead atoms. The number of amides is 1. The van der Waals surface area contributed by atoms with Crippen molar-refractivity contribution < 1.29 is 28.0 Å². The van der Waals surface area contributed by atoms with Crippen LogP contribution in [0.1, 0.15) is 48.7 Å². The van der Waals surface area contributed by atoms with Crippen molar-refractivity contribution in [3.8, 4) is 0 Å². The molecule has 0 radical (unpaired) electrons. The molecule has 1 aromatic carbocycles. The van der Waals surface area contributed by atoms with Crippen molar-refractivity contribution >= 4 is 17.6 Å². The van der Waals surface area contributed by atoms with Crippen molar-refractivity contribution in [1.29, 1.82) is 0 Å². The van der Waals surface area contributed by atoms with Gasteiger partial charge in [0.25, 0.3) is 5.91 Å². The van der Waals surface area contributed by atoms with Gasteiger partial charge in [0.1, 0.15) is 11.9 Å². The Kier molecular flexibility index (Phi) is 6.06. The molecular weight excluding hydrogens is 403 g/mol. The number of piperidine rings is 1. The molecule has 31 heavy (non-hydrogen) atoms. The highest BCUT2D eigenvalue weighted by Gasteiger charge is 2.48. The summed E-state index contributed by atoms with van der Waals surface area (Å²) in [6, 6.07) is 9.36. The fraction of sp³-hybridized carbons (Fsp3) is 0.435. The Morgan fingerprint density at radius 2 is 2.10 bits per heavy atom. The first-order valence-electron chi connectivity index (χ1n) is 10.5. The van der Waals surface area contributed by atoms with E-state index in [0.717, 1.165) is 5.56 Å². The highest BCUT2D eigenvalue weighted by Crippen LogP contribution is 2.39. The molecule has 0 unspecified atom stereocenters. The fourth-order valence-electron chi connectivity index (χ4n) is 4.35. The van der Waals surface area contributed by atoms with E-state index in [9.17, 15) is 14.0 Å². The van der Waals surface area contributed by atoms with Gasteiger partial charge < -0.3 is 18.9 Å². The third-order valence-electron chi connectivity index (χ3n) is 5.83. The number of ether oxygens (including phenoxy) is 1. The van der Waals surface area contributed by atoms with Crippen molar-refractivity contribution in [2.45, 2.75) is 38.7 Å². The summed E-state index contributed by atoms with van der Waals surface area (Å²) >= 11 is 0. The highest BCUT2D eigenvalue weighted by atomic mass is 19.1. The second-order valence-corrected chi connectivity index (χ2v) is 7.99. The highest BCUT2D eigenvalue weighted by molar-refractivity contribution is 6.01. The molecule has 2 atom stereocenters. The van der Waals surface area contributed by atoms with Gasteiger partial charge in [-0.1, -0.05) is 17.3 Å². The van der Waals surface area contributed by atoms with Crippen molar-refractivity contribution in [2.24, 2.45) is 10.6 Å². The Morgan fingerprint density at radius 3 is 2.81 bits per heavy atom. The Balaban J connectivity index is 1.49. The molecular formula is C23H25FN2O5. The average molecular weight is 428 g/mol. The Morgan fingerprint density at radius 1 is 1.29 bits per heavy atom. The molecule has 7 nitrogen and oxygen atoms in total. The van der Waals surface area contributed by atoms with Gasteiger partial charge in [-0.05, 0) is 49.6 Å². The van der Waals surface area contributed by atoms with E-state index in [4.69, 9.17) is 14.0 Å². The number of benzene rings is 1. The van der Waals surface area contributed by atoms with Gasteiger partial charge in [-0.15, -0.1) is 0 Å². The maximum Gasteiger partial charge on any atom is 0.314 e. The summed E-state index contributed by atoms with van der Waals surface area (Å²) in [6.07, 6.45) is 3.27. The minimum atomic E-state index is -0.880. The zero-order valence-electron chi connectivity index (χ0n) is 17.4. The second kappa shape index (κ2) is 8.91. The number of hydrogen-bond acceptors (Lipinski definition) is 6. The van der Waals surface area contributed by atoms with Crippen molar-refractivity contribution in [3.05, 3.63) is 59.8 Å². The number of esters is 1. The lowest BCUT2D eigenvalue weighted by atomic mass is 9.74. The number of carbonyl (C=O) groups excluding carboxylic acids is 2. The number of hydrogen-bond donors (Lipinski definition) is 0. The van der Waals surface area contributed by atoms with Gasteiger partial charge in [0.2, 0.25) is 0 Å². The molecule has 0 aliphatic carbocycles. The van der Waals surface area contributed by atoms with E-state index in [1.54, 1.807) is 36.1 Å². The van der Waals surface area contributed by atoms with Gasteiger partial charge in [-0.3, -0.25) is 9.59 Å². The van der Waals surface area contributed by atoms with Gasteiger partial charge in [-0.2, -0.15) is 0 Å². The van der Waals surface area contributed by atoms with E-state index in [1.165, 1.54) is 18.4 Å². The number of oxime groups is 1. The average Bonchev–Trinajstić information content (AvgIpc) is 3.47. The first-order chi connectivity index (χ1) is 15.0. The van der Waals surface area contributed by atoms with Crippen LogP contribution in [-0.4, -0.2) is 48.3 Å². The number of furan rings is 1. The lowest BCUT2D eigenvalue weighted by Crippen LogP contribution is -2.51. The number of halogens is 1. The molecule has 2 aromatic rings. The summed E-state index contributed by atoms with van der Waals surface area (Å²) in [4.78, 5) is 33.1. The molecule has 1 amide bonds. The predicted octanol–water partition coefficient (Wildman–Crippen LogP) is 3.79. The summed E-state index contributed by atoms with van der Waals surface area (Å²) in [7, 11) is 0. The molecule has 4 rings (SSSR count). The predicted molar refractivity (Wildman–Crippen MR) is 110 cm³/mol. The lowest BCUT2D eigenvalue weighted by Gasteiger charge is -2.41. The maximum absolute atomic E-state index is 13.2. The van der Waals surface area contributed by atoms with Crippen LogP contribution in [0.25, 0.3) is 0 Å². The molecule has 164 valence electrons. The standard InChI is InChI=1S/C23H25FN2O5/c1-2-29-22(28)23(10-4-11-26(15-23)21(27)20-5-3-12-30-20)14-18-13-19(25-31-18)16-6-8-17(24)9-7-16/h3,5-9,12,18H,2,4,10-11,13-15H2,1H3/t18-,23-/m1/s1. The van der Waals surface area contributed by atoms with Crippen LogP contribution < -0.4 is 0 Å². The molecule has 0 N–H and O–H groups in total. The number of rotatable bonds is 6. The first-order valence-corrected chi connectivity index (χ1v) is 10.5. The molecule has 2 aliphatic heterocycles. The van der Waals surface area contributed by atoms with Crippen LogP contribution in [-0.2, 0) is 14.4 Å². The molecule has 8 heteroatoms. The largest absolute Gasteiger partial charge is 0.466 e. The molecule has 1 aromatic heterocycles. The Labute approximate surface area is 179 Å². The van der Waals surface area contributed by atoms with Crippen LogP contribution in [0.2, 0.25) is 0 Å². The van der Waals surface area contributed by atoms with Crippen LogP contribution in [0.5, 0.6) is 0 Å². The summed E-state index contributed by atoms with van der Waals surface area (Å²) < 4.78 is 23.9. The van der Waals surface area contributed by atoms with Crippen molar-refractivity contribution in [1.82, 2.24) is 4.90 Å². The quantitative estimate of drug-likeness (QED) is 0.654. The van der Waals surface area contributed by atoms with Crippen molar-refractivity contribution in [2.75, 3.05) is 19.7 Å². The lowest BCUT2D eigenvalue weighted by molar-refractivity contribution is -0.161. The molecule has 1 fully saturated rings. The number of carbonyl (C=O) groups is 2. The molecule has 2 aliphatic rings. The van der Waals surface area contributed by atoms with Gasteiger partial charge in [0.15, 0.2) is 5.76 Å². The normalized spacial score (nSPS) is 23.2. The zero-order valence-corrected chi connectivity index (χ0v) is 17.4. The number of nitrogens with zero attached hydrogens (tertiary/aromatic N) is 2. The van der Waals surface area contributed by atoms with Crippen LogP contribution in [0, 0.1) is 11.2 Å². The second-order valence-electron chi connectivity index (χ2n) is 7.99. The minimum absolute atomic E-state index is 0.233. The van der Waals surface area contributed by atoms with Crippen LogP contribution in [0.15, 0.2) is 52.2 Å². The van der Waals surface area contributed by atoms with Crippen LogP contribution >= 0.6 is 0 Å². The van der Waals surface area contributed by atoms with Crippen LogP contribution in [0.4, 0.5) is 4.39 Å². The Hall–Kier alpha value is -3.16. The molecule has 0 spiro atoms. The van der Waals surface area contributed by atoms with Crippen LogP contribution in [0.3, 0.4) is 0 Å². The van der Waals surface area contributed by atoms with Gasteiger partial charge in [-0.25, -0.2) is 4.39 Å². The van der Waals surface area contributed by atoms with E-state index >= 15 is 0 Å². The SMILES string of the molecule is CCOC(=O)[C@@]1(C[C@H]2CC(c3ccc(F)cc3)=NO2)CCCN(C(=O)c2ccco2)C1. The summed E-state index contributed by atoms with van der Waals surface area (Å²) in [6.45, 7) is 2.80. The van der Waals surface area contributed by atoms with E-state index in [0.29, 0.717) is 37.9 Å². The summed E-state index contributed by atoms with van der Waals surface area (Å²) in [5.74, 6) is -0.636. The van der Waals surface area contributed by atoms with E-state index in [1.807, 2.05) is 0 Å². The molecule has 3 heterocycles. The fourth-order valence-corrected chi connectivity index (χ4v) is 4.35. The van der Waals surface area contributed by atoms with Gasteiger partial charge >= 0.3 is 5.97 Å². The number of likely N-dealkylation sites (tertiary alicyclic amines) is 1. The topological polar surface area (TPSA) is 81.3 Å². The third kappa shape index (κ3) is 4.47. The zero-order chi connectivity index (χ0) is 21.8.